The van der Waals surface area contributed by atoms with Crippen LogP contribution >= 0.6 is 0 Å². The Morgan fingerprint density at radius 2 is 2.00 bits per heavy atom. The molecular weight excluding hydrogens is 212 g/mol. The van der Waals surface area contributed by atoms with Gasteiger partial charge in [-0.25, -0.2) is 13.8 Å². The summed E-state index contributed by atoms with van der Waals surface area (Å²) in [5.41, 5.74) is 0.426. The molecule has 0 unspecified atom stereocenters. The Morgan fingerprint density at radius 1 is 1.31 bits per heavy atom. The fourth-order valence-corrected chi connectivity index (χ4v) is 1.64. The summed E-state index contributed by atoms with van der Waals surface area (Å²) in [5.74, 6) is 0.401. The third-order valence-electron chi connectivity index (χ3n) is 2.59. The molecular formula is C11H11F2N3. The standard InChI is InChI=1S/C11H11F2N3/c1-2-9-7-14-8-10(15-9)16-5-3-11(12,13)4-6-16/h1,7-8H,3-6H2. The van der Waals surface area contributed by atoms with E-state index in [0.717, 1.165) is 0 Å². The highest BCUT2D eigenvalue weighted by Gasteiger charge is 2.34. The Balaban J connectivity index is 2.11. The summed E-state index contributed by atoms with van der Waals surface area (Å²) < 4.78 is 25.9. The van der Waals surface area contributed by atoms with E-state index in [1.165, 1.54) is 6.20 Å². The van der Waals surface area contributed by atoms with Gasteiger partial charge in [-0.05, 0) is 5.92 Å². The monoisotopic (exact) mass is 223 g/mol. The average Bonchev–Trinajstić information content (AvgIpc) is 2.29. The highest BCUT2D eigenvalue weighted by Crippen LogP contribution is 2.29. The van der Waals surface area contributed by atoms with Gasteiger partial charge in [-0.3, -0.25) is 4.98 Å². The van der Waals surface area contributed by atoms with Gasteiger partial charge < -0.3 is 4.90 Å². The smallest absolute Gasteiger partial charge is 0.251 e. The zero-order valence-corrected chi connectivity index (χ0v) is 8.66. The van der Waals surface area contributed by atoms with Crippen molar-refractivity contribution in [1.82, 2.24) is 9.97 Å². The molecule has 0 N–H and O–H groups in total. The summed E-state index contributed by atoms with van der Waals surface area (Å²) in [7, 11) is 0. The molecule has 2 rings (SSSR count). The lowest BCUT2D eigenvalue weighted by Crippen LogP contribution is -2.39. The van der Waals surface area contributed by atoms with Crippen LogP contribution in [0.1, 0.15) is 18.5 Å². The highest BCUT2D eigenvalue weighted by molar-refractivity contribution is 5.39. The molecule has 0 aromatic carbocycles. The molecule has 1 aromatic heterocycles. The van der Waals surface area contributed by atoms with Crippen molar-refractivity contribution in [3.05, 3.63) is 18.1 Å². The van der Waals surface area contributed by atoms with Gasteiger partial charge in [-0.15, -0.1) is 6.42 Å². The van der Waals surface area contributed by atoms with Gasteiger partial charge in [0, 0.05) is 25.9 Å². The average molecular weight is 223 g/mol. The van der Waals surface area contributed by atoms with Crippen molar-refractivity contribution >= 4 is 5.82 Å². The highest BCUT2D eigenvalue weighted by atomic mass is 19.3. The normalized spacial score (nSPS) is 19.2. The number of terminal acetylenes is 1. The molecule has 1 aliphatic rings. The van der Waals surface area contributed by atoms with E-state index >= 15 is 0 Å². The van der Waals surface area contributed by atoms with Crippen LogP contribution < -0.4 is 4.90 Å². The van der Waals surface area contributed by atoms with Gasteiger partial charge in [-0.2, -0.15) is 0 Å². The summed E-state index contributed by atoms with van der Waals surface area (Å²) in [4.78, 5) is 9.86. The van der Waals surface area contributed by atoms with Crippen molar-refractivity contribution in [2.24, 2.45) is 0 Å². The van der Waals surface area contributed by atoms with Crippen molar-refractivity contribution in [3.63, 3.8) is 0 Å². The van der Waals surface area contributed by atoms with Gasteiger partial charge in [0.15, 0.2) is 0 Å². The summed E-state index contributed by atoms with van der Waals surface area (Å²) in [6.07, 6.45) is 7.93. The zero-order valence-electron chi connectivity index (χ0n) is 8.66. The van der Waals surface area contributed by atoms with Crippen LogP contribution in [0, 0.1) is 12.3 Å². The number of piperidine rings is 1. The maximum atomic E-state index is 12.9. The summed E-state index contributed by atoms with van der Waals surface area (Å²) in [6.45, 7) is 0.575. The van der Waals surface area contributed by atoms with Gasteiger partial charge in [0.1, 0.15) is 11.5 Å². The molecule has 1 saturated heterocycles. The lowest BCUT2D eigenvalue weighted by Gasteiger charge is -2.32. The molecule has 0 spiro atoms. The Morgan fingerprint density at radius 3 is 2.62 bits per heavy atom. The fourth-order valence-electron chi connectivity index (χ4n) is 1.64. The van der Waals surface area contributed by atoms with Crippen molar-refractivity contribution < 1.29 is 8.78 Å². The Kier molecular flexibility index (Phi) is 2.73. The van der Waals surface area contributed by atoms with Gasteiger partial charge >= 0.3 is 0 Å². The third-order valence-corrected chi connectivity index (χ3v) is 2.59. The molecule has 0 amide bonds. The number of hydrogen-bond donors (Lipinski definition) is 0. The first-order valence-corrected chi connectivity index (χ1v) is 5.02. The quantitative estimate of drug-likeness (QED) is 0.678. The minimum atomic E-state index is -2.55. The van der Waals surface area contributed by atoms with E-state index in [9.17, 15) is 8.78 Å². The second kappa shape index (κ2) is 4.05. The Hall–Kier alpha value is -1.70. The van der Waals surface area contributed by atoms with Crippen molar-refractivity contribution in [3.8, 4) is 12.3 Å². The maximum Gasteiger partial charge on any atom is 0.251 e. The number of alkyl halides is 2. The van der Waals surface area contributed by atoms with E-state index in [-0.39, 0.29) is 25.9 Å². The predicted octanol–water partition coefficient (Wildman–Crippen LogP) is 1.69. The maximum absolute atomic E-state index is 12.9. The number of nitrogens with zero attached hydrogens (tertiary/aromatic N) is 3. The molecule has 0 radical (unpaired) electrons. The summed E-state index contributed by atoms with van der Waals surface area (Å²) >= 11 is 0. The molecule has 2 heterocycles. The van der Waals surface area contributed by atoms with Crippen LogP contribution in [0.15, 0.2) is 12.4 Å². The lowest BCUT2D eigenvalue weighted by atomic mass is 10.1. The van der Waals surface area contributed by atoms with Crippen LogP contribution in [0.5, 0.6) is 0 Å². The molecule has 0 saturated carbocycles. The van der Waals surface area contributed by atoms with Crippen LogP contribution in [0.3, 0.4) is 0 Å². The second-order valence-electron chi connectivity index (χ2n) is 3.75. The van der Waals surface area contributed by atoms with Crippen molar-refractivity contribution in [1.29, 1.82) is 0 Å². The number of hydrogen-bond acceptors (Lipinski definition) is 3. The van der Waals surface area contributed by atoms with E-state index in [4.69, 9.17) is 6.42 Å². The van der Waals surface area contributed by atoms with Gasteiger partial charge in [0.05, 0.1) is 12.4 Å². The van der Waals surface area contributed by atoms with E-state index in [0.29, 0.717) is 11.5 Å². The van der Waals surface area contributed by atoms with Crippen LogP contribution in [0.2, 0.25) is 0 Å². The van der Waals surface area contributed by atoms with E-state index < -0.39 is 5.92 Å². The first kappa shape index (κ1) is 10.8. The number of aromatic nitrogens is 2. The molecule has 1 aliphatic heterocycles. The molecule has 5 heteroatoms. The fraction of sp³-hybridized carbons (Fsp3) is 0.455. The number of anilines is 1. The van der Waals surface area contributed by atoms with Crippen molar-refractivity contribution in [2.45, 2.75) is 18.8 Å². The van der Waals surface area contributed by atoms with Crippen LogP contribution in [-0.4, -0.2) is 29.0 Å². The summed E-state index contributed by atoms with van der Waals surface area (Å²) in [6, 6.07) is 0. The topological polar surface area (TPSA) is 29.0 Å². The van der Waals surface area contributed by atoms with Gasteiger partial charge in [0.2, 0.25) is 0 Å². The molecule has 0 atom stereocenters. The molecule has 16 heavy (non-hydrogen) atoms. The summed E-state index contributed by atoms with van der Waals surface area (Å²) in [5, 5.41) is 0. The third kappa shape index (κ3) is 2.27. The lowest BCUT2D eigenvalue weighted by molar-refractivity contribution is -0.0221. The molecule has 84 valence electrons. The van der Waals surface area contributed by atoms with E-state index in [1.54, 1.807) is 11.1 Å². The minimum Gasteiger partial charge on any atom is -0.355 e. The SMILES string of the molecule is C#Cc1cncc(N2CCC(F)(F)CC2)n1. The number of halogens is 2. The first-order valence-electron chi connectivity index (χ1n) is 5.02. The largest absolute Gasteiger partial charge is 0.355 e. The van der Waals surface area contributed by atoms with Gasteiger partial charge in [-0.1, -0.05) is 0 Å². The van der Waals surface area contributed by atoms with Crippen LogP contribution in [0.4, 0.5) is 14.6 Å². The molecule has 1 aromatic rings. The predicted molar refractivity (Wildman–Crippen MR) is 56.4 cm³/mol. The van der Waals surface area contributed by atoms with Gasteiger partial charge in [0.25, 0.3) is 5.92 Å². The molecule has 3 nitrogen and oxygen atoms in total. The van der Waals surface area contributed by atoms with E-state index in [2.05, 4.69) is 15.9 Å². The van der Waals surface area contributed by atoms with Crippen molar-refractivity contribution in [2.75, 3.05) is 18.0 Å². The van der Waals surface area contributed by atoms with E-state index in [1.807, 2.05) is 0 Å². The number of rotatable bonds is 1. The Labute approximate surface area is 92.5 Å². The minimum absolute atomic E-state index is 0.144. The molecule has 1 fully saturated rings. The Bertz CT molecular complexity index is 415. The second-order valence-corrected chi connectivity index (χ2v) is 3.75. The van der Waals surface area contributed by atoms with Crippen LogP contribution in [-0.2, 0) is 0 Å². The zero-order chi connectivity index (χ0) is 11.6. The first-order chi connectivity index (χ1) is 7.61. The van der Waals surface area contributed by atoms with Crippen LogP contribution in [0.25, 0.3) is 0 Å². The molecule has 0 aliphatic carbocycles. The molecule has 0 bridgehead atoms.